The Balaban J connectivity index is 4.22. The molecule has 0 fully saturated rings. The van der Waals surface area contributed by atoms with Gasteiger partial charge in [-0.05, 0) is 13.3 Å². The van der Waals surface area contributed by atoms with Gasteiger partial charge in [0.25, 0.3) is 0 Å². The van der Waals surface area contributed by atoms with Crippen molar-refractivity contribution in [3.8, 4) is 0 Å². The Morgan fingerprint density at radius 1 is 1.45 bits per heavy atom. The van der Waals surface area contributed by atoms with Crippen LogP contribution in [0, 0.1) is 10.1 Å². The second-order valence-corrected chi connectivity index (χ2v) is 2.43. The second-order valence-electron chi connectivity index (χ2n) is 2.43. The van der Waals surface area contributed by atoms with Gasteiger partial charge in [-0.1, -0.05) is 18.6 Å². The topological polar surface area (TPSA) is 43.1 Å². The fraction of sp³-hybridized carbons (Fsp3) is 0.500. The van der Waals surface area contributed by atoms with Crippen LogP contribution in [0.2, 0.25) is 0 Å². The molecule has 0 aliphatic rings. The SMILES string of the molecule is CC/C(C)=C/C=C(\C)[N+](=O)[O-]. The van der Waals surface area contributed by atoms with E-state index in [2.05, 4.69) is 0 Å². The highest BCUT2D eigenvalue weighted by Gasteiger charge is 1.97. The zero-order valence-electron chi connectivity index (χ0n) is 7.13. The summed E-state index contributed by atoms with van der Waals surface area (Å²) in [6.45, 7) is 5.45. The van der Waals surface area contributed by atoms with Gasteiger partial charge in [0.1, 0.15) is 0 Å². The van der Waals surface area contributed by atoms with Gasteiger partial charge >= 0.3 is 0 Å². The van der Waals surface area contributed by atoms with Crippen molar-refractivity contribution in [2.75, 3.05) is 0 Å². The molecule has 0 spiro atoms. The minimum atomic E-state index is -0.389. The van der Waals surface area contributed by atoms with E-state index in [9.17, 15) is 10.1 Å². The van der Waals surface area contributed by atoms with Crippen molar-refractivity contribution in [1.82, 2.24) is 0 Å². The number of allylic oxidation sites excluding steroid dienone is 4. The summed E-state index contributed by atoms with van der Waals surface area (Å²) in [7, 11) is 0. The molecule has 0 radical (unpaired) electrons. The lowest BCUT2D eigenvalue weighted by Crippen LogP contribution is -1.92. The van der Waals surface area contributed by atoms with Crippen LogP contribution in [-0.4, -0.2) is 4.92 Å². The van der Waals surface area contributed by atoms with E-state index in [1.165, 1.54) is 13.0 Å². The summed E-state index contributed by atoms with van der Waals surface area (Å²) in [4.78, 5) is 9.72. The van der Waals surface area contributed by atoms with Crippen molar-refractivity contribution in [2.45, 2.75) is 27.2 Å². The first-order chi connectivity index (χ1) is 5.07. The summed E-state index contributed by atoms with van der Waals surface area (Å²) in [5.41, 5.74) is 1.32. The Hall–Kier alpha value is -1.12. The molecule has 0 atom stereocenters. The molecule has 3 heteroatoms. The first-order valence-electron chi connectivity index (χ1n) is 3.56. The zero-order chi connectivity index (χ0) is 8.85. The molecule has 0 aliphatic heterocycles. The van der Waals surface area contributed by atoms with Crippen molar-refractivity contribution < 1.29 is 4.92 Å². The molecule has 0 heterocycles. The molecule has 11 heavy (non-hydrogen) atoms. The molecule has 62 valence electrons. The fourth-order valence-corrected chi connectivity index (χ4v) is 0.442. The van der Waals surface area contributed by atoms with Gasteiger partial charge in [0, 0.05) is 13.0 Å². The van der Waals surface area contributed by atoms with Gasteiger partial charge in [-0.3, -0.25) is 10.1 Å². The largest absolute Gasteiger partial charge is 0.259 e. The maximum atomic E-state index is 10.1. The molecule has 0 saturated carbocycles. The third-order valence-corrected chi connectivity index (χ3v) is 1.45. The van der Waals surface area contributed by atoms with E-state index in [1.807, 2.05) is 13.8 Å². The molecular weight excluding hydrogens is 142 g/mol. The van der Waals surface area contributed by atoms with Crippen LogP contribution in [-0.2, 0) is 0 Å². The molecule has 0 aromatic rings. The predicted molar refractivity (Wildman–Crippen MR) is 44.8 cm³/mol. The second kappa shape index (κ2) is 4.66. The highest BCUT2D eigenvalue weighted by molar-refractivity contribution is 5.11. The monoisotopic (exact) mass is 155 g/mol. The highest BCUT2D eigenvalue weighted by Crippen LogP contribution is 2.00. The van der Waals surface area contributed by atoms with E-state index < -0.39 is 0 Å². The van der Waals surface area contributed by atoms with E-state index in [1.54, 1.807) is 6.08 Å². The zero-order valence-corrected chi connectivity index (χ0v) is 7.13. The van der Waals surface area contributed by atoms with Crippen molar-refractivity contribution in [1.29, 1.82) is 0 Å². The lowest BCUT2D eigenvalue weighted by Gasteiger charge is -1.89. The predicted octanol–water partition coefficient (Wildman–Crippen LogP) is 2.52. The van der Waals surface area contributed by atoms with E-state index in [0.29, 0.717) is 0 Å². The van der Waals surface area contributed by atoms with Crippen LogP contribution in [0.1, 0.15) is 27.2 Å². The average molecular weight is 155 g/mol. The minimum absolute atomic E-state index is 0.179. The normalized spacial score (nSPS) is 13.4. The summed E-state index contributed by atoms with van der Waals surface area (Å²) in [5.74, 6) is 0. The number of nitrogens with zero attached hydrogens (tertiary/aromatic N) is 1. The van der Waals surface area contributed by atoms with E-state index in [0.717, 1.165) is 12.0 Å². The van der Waals surface area contributed by atoms with E-state index in [-0.39, 0.29) is 10.6 Å². The molecule has 0 N–H and O–H groups in total. The van der Waals surface area contributed by atoms with Crippen molar-refractivity contribution in [3.63, 3.8) is 0 Å². The molecule has 0 unspecified atom stereocenters. The summed E-state index contributed by atoms with van der Waals surface area (Å²) >= 11 is 0. The Labute approximate surface area is 66.6 Å². The van der Waals surface area contributed by atoms with Gasteiger partial charge in [0.05, 0.1) is 4.92 Å². The van der Waals surface area contributed by atoms with Crippen LogP contribution in [0.3, 0.4) is 0 Å². The van der Waals surface area contributed by atoms with Crippen LogP contribution >= 0.6 is 0 Å². The summed E-state index contributed by atoms with van der Waals surface area (Å²) in [5, 5.41) is 10.1. The summed E-state index contributed by atoms with van der Waals surface area (Å²) in [6.07, 6.45) is 4.23. The quantitative estimate of drug-likeness (QED) is 0.357. The molecule has 0 amide bonds. The van der Waals surface area contributed by atoms with Crippen LogP contribution in [0.25, 0.3) is 0 Å². The minimum Gasteiger partial charge on any atom is -0.259 e. The molecule has 0 rings (SSSR count). The molecule has 0 bridgehead atoms. The Bertz CT molecular complexity index is 204. The lowest BCUT2D eigenvalue weighted by molar-refractivity contribution is -0.424. The Morgan fingerprint density at radius 3 is 2.36 bits per heavy atom. The van der Waals surface area contributed by atoms with Crippen molar-refractivity contribution in [3.05, 3.63) is 33.5 Å². The van der Waals surface area contributed by atoms with Gasteiger partial charge in [0.2, 0.25) is 5.70 Å². The van der Waals surface area contributed by atoms with Crippen LogP contribution in [0.5, 0.6) is 0 Å². The Kier molecular flexibility index (Phi) is 4.18. The maximum absolute atomic E-state index is 10.1. The van der Waals surface area contributed by atoms with Crippen LogP contribution < -0.4 is 0 Å². The standard InChI is InChI=1S/C8H13NO2/c1-4-7(2)5-6-8(3)9(10)11/h5-6H,4H2,1-3H3/b7-5+,8-6+. The number of nitro groups is 1. The molecule has 0 aromatic heterocycles. The number of hydrogen-bond acceptors (Lipinski definition) is 2. The van der Waals surface area contributed by atoms with Crippen LogP contribution in [0.15, 0.2) is 23.4 Å². The van der Waals surface area contributed by atoms with E-state index >= 15 is 0 Å². The van der Waals surface area contributed by atoms with Gasteiger partial charge in [0.15, 0.2) is 0 Å². The first-order valence-corrected chi connectivity index (χ1v) is 3.56. The lowest BCUT2D eigenvalue weighted by atomic mass is 10.2. The van der Waals surface area contributed by atoms with Gasteiger partial charge in [-0.25, -0.2) is 0 Å². The molecule has 0 saturated heterocycles. The van der Waals surface area contributed by atoms with Gasteiger partial charge in [-0.2, -0.15) is 0 Å². The molecular formula is C8H13NO2. The highest BCUT2D eigenvalue weighted by atomic mass is 16.6. The van der Waals surface area contributed by atoms with Crippen molar-refractivity contribution >= 4 is 0 Å². The molecule has 3 nitrogen and oxygen atoms in total. The van der Waals surface area contributed by atoms with Crippen molar-refractivity contribution in [2.24, 2.45) is 0 Å². The Morgan fingerprint density at radius 2 is 2.00 bits per heavy atom. The van der Waals surface area contributed by atoms with Crippen LogP contribution in [0.4, 0.5) is 0 Å². The van der Waals surface area contributed by atoms with Gasteiger partial charge in [-0.15, -0.1) is 0 Å². The smallest absolute Gasteiger partial charge is 0.243 e. The number of hydrogen-bond donors (Lipinski definition) is 0. The summed E-state index contributed by atoms with van der Waals surface area (Å²) < 4.78 is 0. The third kappa shape index (κ3) is 4.31. The molecule has 0 aromatic carbocycles. The molecule has 0 aliphatic carbocycles. The fourth-order valence-electron chi connectivity index (χ4n) is 0.442. The number of rotatable bonds is 3. The van der Waals surface area contributed by atoms with E-state index in [4.69, 9.17) is 0 Å². The maximum Gasteiger partial charge on any atom is 0.243 e. The third-order valence-electron chi connectivity index (χ3n) is 1.45. The van der Waals surface area contributed by atoms with Gasteiger partial charge < -0.3 is 0 Å². The summed E-state index contributed by atoms with van der Waals surface area (Å²) in [6, 6.07) is 0. The first kappa shape index (κ1) is 9.88. The average Bonchev–Trinajstić information content (AvgIpc) is 1.99.